The second kappa shape index (κ2) is 5.76. The predicted octanol–water partition coefficient (Wildman–Crippen LogP) is 4.75. The Hall–Kier alpha value is -1.42. The summed E-state index contributed by atoms with van der Waals surface area (Å²) in [6, 6.07) is 2.76. The molecule has 0 radical (unpaired) electrons. The van der Waals surface area contributed by atoms with Gasteiger partial charge >= 0.3 is 0 Å². The van der Waals surface area contributed by atoms with E-state index in [0.29, 0.717) is 23.6 Å². The van der Waals surface area contributed by atoms with Gasteiger partial charge in [0.2, 0.25) is 5.82 Å². The van der Waals surface area contributed by atoms with E-state index in [2.05, 4.69) is 19.2 Å². The van der Waals surface area contributed by atoms with Gasteiger partial charge in [-0.2, -0.15) is 4.39 Å². The summed E-state index contributed by atoms with van der Waals surface area (Å²) in [5.41, 5.74) is 0.749. The average Bonchev–Trinajstić information content (AvgIpc) is 2.72. The lowest BCUT2D eigenvalue weighted by molar-refractivity contribution is 0.447. The first kappa shape index (κ1) is 16.0. The van der Waals surface area contributed by atoms with Gasteiger partial charge in [0, 0.05) is 10.9 Å². The zero-order valence-corrected chi connectivity index (χ0v) is 13.3. The van der Waals surface area contributed by atoms with Crippen LogP contribution in [-0.2, 0) is 12.0 Å². The molecule has 0 spiro atoms. The van der Waals surface area contributed by atoms with Crippen molar-refractivity contribution in [1.82, 2.24) is 5.32 Å². The normalized spacial score (nSPS) is 12.6. The first-order valence-corrected chi connectivity index (χ1v) is 7.32. The van der Waals surface area contributed by atoms with Gasteiger partial charge < -0.3 is 9.73 Å². The van der Waals surface area contributed by atoms with Crippen molar-refractivity contribution in [3.05, 3.63) is 35.1 Å². The summed E-state index contributed by atoms with van der Waals surface area (Å²) in [4.78, 5) is 0. The van der Waals surface area contributed by atoms with E-state index in [9.17, 15) is 8.78 Å². The molecule has 2 nitrogen and oxygen atoms in total. The Balaban J connectivity index is 2.50. The maximum absolute atomic E-state index is 13.9. The maximum Gasteiger partial charge on any atom is 0.201 e. The van der Waals surface area contributed by atoms with Crippen LogP contribution in [-0.4, -0.2) is 6.54 Å². The van der Waals surface area contributed by atoms with E-state index in [1.54, 1.807) is 6.07 Å². The van der Waals surface area contributed by atoms with E-state index in [4.69, 9.17) is 4.42 Å². The summed E-state index contributed by atoms with van der Waals surface area (Å²) < 4.78 is 33.0. The van der Waals surface area contributed by atoms with Crippen molar-refractivity contribution in [2.45, 2.75) is 46.6 Å². The fraction of sp³-hybridized carbons (Fsp3) is 0.529. The first-order valence-electron chi connectivity index (χ1n) is 7.32. The van der Waals surface area contributed by atoms with E-state index < -0.39 is 11.6 Å². The molecule has 0 aliphatic carbocycles. The van der Waals surface area contributed by atoms with Gasteiger partial charge in [0.25, 0.3) is 0 Å². The first-order chi connectivity index (χ1) is 9.71. The number of furan rings is 1. The Morgan fingerprint density at radius 3 is 2.43 bits per heavy atom. The van der Waals surface area contributed by atoms with E-state index in [1.807, 2.05) is 20.8 Å². The molecular formula is C17H23F2NO. The van der Waals surface area contributed by atoms with Gasteiger partial charge in [-0.1, -0.05) is 34.6 Å². The maximum atomic E-state index is 13.9. The predicted molar refractivity (Wildman–Crippen MR) is 81.4 cm³/mol. The van der Waals surface area contributed by atoms with Crippen LogP contribution < -0.4 is 5.32 Å². The molecule has 0 aliphatic rings. The summed E-state index contributed by atoms with van der Waals surface area (Å²) in [7, 11) is 0. The Morgan fingerprint density at radius 2 is 1.86 bits per heavy atom. The van der Waals surface area contributed by atoms with Crippen molar-refractivity contribution in [3.8, 4) is 0 Å². The third-order valence-corrected chi connectivity index (χ3v) is 3.41. The molecule has 0 amide bonds. The van der Waals surface area contributed by atoms with E-state index >= 15 is 0 Å². The zero-order valence-electron chi connectivity index (χ0n) is 13.3. The highest BCUT2D eigenvalue weighted by atomic mass is 19.2. The Morgan fingerprint density at radius 1 is 1.19 bits per heavy atom. The molecule has 1 N–H and O–H groups in total. The van der Waals surface area contributed by atoms with E-state index in [1.165, 1.54) is 0 Å². The summed E-state index contributed by atoms with van der Waals surface area (Å²) >= 11 is 0. The highest BCUT2D eigenvalue weighted by Gasteiger charge is 2.27. The van der Waals surface area contributed by atoms with Crippen LogP contribution in [0.3, 0.4) is 0 Å². The van der Waals surface area contributed by atoms with E-state index in [-0.39, 0.29) is 11.0 Å². The van der Waals surface area contributed by atoms with Gasteiger partial charge in [-0.25, -0.2) is 4.39 Å². The zero-order chi connectivity index (χ0) is 15.8. The van der Waals surface area contributed by atoms with Crippen molar-refractivity contribution in [2.24, 2.45) is 5.92 Å². The van der Waals surface area contributed by atoms with Gasteiger partial charge in [0.15, 0.2) is 11.4 Å². The Bertz CT molecular complexity index is 638. The third kappa shape index (κ3) is 3.26. The standard InChI is InChI=1S/C17H23F2NO/c1-10(2)8-20-9-13-14(17(3,4)5)11-6-7-12(18)15(19)16(11)21-13/h6-7,10,20H,8-9H2,1-5H3. The van der Waals surface area contributed by atoms with Gasteiger partial charge in [-0.3, -0.25) is 0 Å². The summed E-state index contributed by atoms with van der Waals surface area (Å²) in [5, 5.41) is 3.95. The molecule has 1 heterocycles. The van der Waals surface area contributed by atoms with Crippen molar-refractivity contribution >= 4 is 11.0 Å². The minimum atomic E-state index is -0.909. The van der Waals surface area contributed by atoms with Crippen LogP contribution in [0.4, 0.5) is 8.78 Å². The smallest absolute Gasteiger partial charge is 0.201 e. The lowest BCUT2D eigenvalue weighted by Gasteiger charge is -2.19. The van der Waals surface area contributed by atoms with Crippen LogP contribution in [0.5, 0.6) is 0 Å². The fourth-order valence-electron chi connectivity index (χ4n) is 2.57. The molecule has 0 atom stereocenters. The highest BCUT2D eigenvalue weighted by Crippen LogP contribution is 2.37. The molecular weight excluding hydrogens is 272 g/mol. The molecule has 116 valence electrons. The van der Waals surface area contributed by atoms with Crippen LogP contribution in [0.1, 0.15) is 45.9 Å². The second-order valence-corrected chi connectivity index (χ2v) is 6.91. The third-order valence-electron chi connectivity index (χ3n) is 3.41. The Labute approximate surface area is 124 Å². The molecule has 2 rings (SSSR count). The minimum absolute atomic E-state index is 0.0151. The summed E-state index contributed by atoms with van der Waals surface area (Å²) in [5.74, 6) is -0.587. The van der Waals surface area contributed by atoms with Crippen LogP contribution in [0.2, 0.25) is 0 Å². The number of nitrogens with one attached hydrogen (secondary N) is 1. The molecule has 21 heavy (non-hydrogen) atoms. The van der Waals surface area contributed by atoms with Crippen molar-refractivity contribution in [1.29, 1.82) is 0 Å². The number of halogens is 2. The number of fused-ring (bicyclic) bond motifs is 1. The molecule has 0 saturated carbocycles. The second-order valence-electron chi connectivity index (χ2n) is 6.91. The monoisotopic (exact) mass is 295 g/mol. The molecule has 1 aromatic carbocycles. The minimum Gasteiger partial charge on any atom is -0.456 e. The van der Waals surface area contributed by atoms with Crippen LogP contribution >= 0.6 is 0 Å². The lowest BCUT2D eigenvalue weighted by atomic mass is 9.84. The van der Waals surface area contributed by atoms with Crippen molar-refractivity contribution < 1.29 is 13.2 Å². The number of rotatable bonds is 4. The van der Waals surface area contributed by atoms with Gasteiger partial charge in [0.05, 0.1) is 6.54 Å². The molecule has 4 heteroatoms. The molecule has 0 saturated heterocycles. The SMILES string of the molecule is CC(C)CNCc1oc2c(F)c(F)ccc2c1C(C)(C)C. The number of benzene rings is 1. The molecule has 0 aliphatic heterocycles. The van der Waals surface area contributed by atoms with Gasteiger partial charge in [0.1, 0.15) is 5.76 Å². The lowest BCUT2D eigenvalue weighted by Crippen LogP contribution is -2.21. The largest absolute Gasteiger partial charge is 0.456 e. The molecule has 1 aromatic heterocycles. The molecule has 0 unspecified atom stereocenters. The van der Waals surface area contributed by atoms with Gasteiger partial charge in [-0.05, 0) is 30.0 Å². The van der Waals surface area contributed by atoms with Gasteiger partial charge in [-0.15, -0.1) is 0 Å². The number of hydrogen-bond acceptors (Lipinski definition) is 2. The molecule has 0 bridgehead atoms. The topological polar surface area (TPSA) is 25.2 Å². The molecule has 2 aromatic rings. The van der Waals surface area contributed by atoms with E-state index in [0.717, 1.165) is 18.2 Å². The quantitative estimate of drug-likeness (QED) is 0.880. The van der Waals surface area contributed by atoms with Crippen molar-refractivity contribution in [2.75, 3.05) is 6.54 Å². The summed E-state index contributed by atoms with van der Waals surface area (Å²) in [6.45, 7) is 11.7. The summed E-state index contributed by atoms with van der Waals surface area (Å²) in [6.07, 6.45) is 0. The van der Waals surface area contributed by atoms with Crippen LogP contribution in [0.25, 0.3) is 11.0 Å². The Kier molecular flexibility index (Phi) is 4.38. The number of hydrogen-bond donors (Lipinski definition) is 1. The van der Waals surface area contributed by atoms with Crippen molar-refractivity contribution in [3.63, 3.8) is 0 Å². The molecule has 0 fully saturated rings. The van der Waals surface area contributed by atoms with Crippen LogP contribution in [0, 0.1) is 17.6 Å². The highest BCUT2D eigenvalue weighted by molar-refractivity contribution is 5.84. The average molecular weight is 295 g/mol. The fourth-order valence-corrected chi connectivity index (χ4v) is 2.57. The van der Waals surface area contributed by atoms with Crippen LogP contribution in [0.15, 0.2) is 16.5 Å².